The van der Waals surface area contributed by atoms with Gasteiger partial charge >= 0.3 is 0 Å². The minimum absolute atomic E-state index is 0.00240. The van der Waals surface area contributed by atoms with Crippen molar-refractivity contribution < 1.29 is 66.0 Å². The van der Waals surface area contributed by atoms with Crippen LogP contribution in [-0.4, -0.2) is 141 Å². The second-order valence-electron chi connectivity index (χ2n) is 39.5. The van der Waals surface area contributed by atoms with Crippen molar-refractivity contribution in [1.29, 1.82) is 0 Å². The number of halogens is 2. The summed E-state index contributed by atoms with van der Waals surface area (Å²) in [7, 11) is 0. The Balaban J connectivity index is 0.000000351. The zero-order valence-electron chi connectivity index (χ0n) is 75.6. The van der Waals surface area contributed by atoms with Crippen LogP contribution in [0.5, 0.6) is 0 Å². The molecule has 8 rings (SSSR count). The Morgan fingerprint density at radius 2 is 0.690 bits per heavy atom. The van der Waals surface area contributed by atoms with Gasteiger partial charge in [-0.1, -0.05) is 160 Å². The molecule has 7 aliphatic carbocycles. The molecule has 113 heavy (non-hydrogen) atoms. The summed E-state index contributed by atoms with van der Waals surface area (Å²) in [5.41, 5.74) is 0.324. The maximum Gasteiger partial charge on any atom is 0.249 e. The van der Waals surface area contributed by atoms with Crippen LogP contribution in [0.1, 0.15) is 345 Å². The van der Waals surface area contributed by atoms with Gasteiger partial charge in [-0.05, 0) is 267 Å². The smallest absolute Gasteiger partial charge is 0.249 e. The highest BCUT2D eigenvalue weighted by atomic mass is 19.1. The molecule has 656 valence electrons. The third-order valence-corrected chi connectivity index (χ3v) is 22.0. The Morgan fingerprint density at radius 3 is 1.01 bits per heavy atom. The van der Waals surface area contributed by atoms with Crippen LogP contribution >= 0.6 is 0 Å². The predicted molar refractivity (Wildman–Crippen MR) is 455 cm³/mol. The average molecular weight is 1600 g/mol. The molecular formula is C93H168F2N6O12. The summed E-state index contributed by atoms with van der Waals surface area (Å²) in [5, 5.41) is 17.7. The van der Waals surface area contributed by atoms with Gasteiger partial charge in [0.2, 0.25) is 35.4 Å². The maximum absolute atomic E-state index is 13.1. The van der Waals surface area contributed by atoms with E-state index < -0.39 is 17.7 Å². The van der Waals surface area contributed by atoms with Crippen molar-refractivity contribution in [2.45, 2.75) is 419 Å². The molecular weight excluding hydrogens is 1430 g/mol. The van der Waals surface area contributed by atoms with E-state index in [4.69, 9.17) is 28.4 Å². The fraction of sp³-hybridized carbons (Fsp3) is 0.871. The highest BCUT2D eigenvalue weighted by molar-refractivity contribution is 5.83. The van der Waals surface area contributed by atoms with E-state index in [-0.39, 0.29) is 131 Å². The minimum Gasteiger partial charge on any atom is -0.368 e. The molecule has 6 amide bonds. The van der Waals surface area contributed by atoms with Gasteiger partial charge < -0.3 is 60.3 Å². The Kier molecular flexibility index (Phi) is 49.8. The van der Waals surface area contributed by atoms with Gasteiger partial charge in [0.25, 0.3) is 0 Å². The highest BCUT2D eigenvalue weighted by Crippen LogP contribution is 2.42. The van der Waals surface area contributed by atoms with E-state index in [0.717, 1.165) is 64.3 Å². The molecule has 0 bridgehead atoms. The van der Waals surface area contributed by atoms with Crippen LogP contribution in [0.25, 0.3) is 0 Å². The number of carbonyl (C=O) groups is 6. The highest BCUT2D eigenvalue weighted by Gasteiger charge is 2.39. The van der Waals surface area contributed by atoms with E-state index in [1.165, 1.54) is 166 Å². The largest absolute Gasteiger partial charge is 0.368 e. The van der Waals surface area contributed by atoms with Crippen LogP contribution in [0.2, 0.25) is 0 Å². The molecule has 20 heteroatoms. The van der Waals surface area contributed by atoms with E-state index in [0.29, 0.717) is 53.4 Å². The zero-order valence-corrected chi connectivity index (χ0v) is 75.6. The van der Waals surface area contributed by atoms with Crippen molar-refractivity contribution >= 4 is 35.4 Å². The lowest BCUT2D eigenvalue weighted by Crippen LogP contribution is -2.47. The number of ether oxygens (including phenoxy) is 6. The number of amides is 6. The normalized spacial score (nSPS) is 20.0. The van der Waals surface area contributed by atoms with Gasteiger partial charge in [0.05, 0.1) is 39.6 Å². The van der Waals surface area contributed by atoms with Crippen LogP contribution in [0.3, 0.4) is 0 Å². The molecule has 0 heterocycles. The molecule has 7 aliphatic rings. The first-order chi connectivity index (χ1) is 53.1. The summed E-state index contributed by atoms with van der Waals surface area (Å²) in [4.78, 5) is 72.8. The molecule has 7 saturated carbocycles. The van der Waals surface area contributed by atoms with Gasteiger partial charge in [-0.2, -0.15) is 0 Å². The molecule has 8 unspecified atom stereocenters. The second-order valence-corrected chi connectivity index (χ2v) is 39.5. The summed E-state index contributed by atoms with van der Waals surface area (Å²) in [5.74, 6) is 4.85. The van der Waals surface area contributed by atoms with Gasteiger partial charge in [-0.15, -0.1) is 0 Å². The monoisotopic (exact) mass is 1600 g/mol. The number of nitrogens with one attached hydrogen (secondary N) is 6. The summed E-state index contributed by atoms with van der Waals surface area (Å²) in [6, 6.07) is 4.14. The number of carbonyl (C=O) groups excluding carboxylic acids is 6. The van der Waals surface area contributed by atoms with Gasteiger partial charge in [-0.3, -0.25) is 28.8 Å². The molecule has 18 nitrogen and oxygen atoms in total. The van der Waals surface area contributed by atoms with Crippen LogP contribution < -0.4 is 31.9 Å². The Hall–Kier alpha value is -4.34. The van der Waals surface area contributed by atoms with E-state index in [1.54, 1.807) is 0 Å². The van der Waals surface area contributed by atoms with Crippen molar-refractivity contribution in [2.75, 3.05) is 33.0 Å². The fourth-order valence-electron chi connectivity index (χ4n) is 15.5. The van der Waals surface area contributed by atoms with Crippen molar-refractivity contribution in [3.05, 3.63) is 35.4 Å². The zero-order chi connectivity index (χ0) is 84.5. The molecule has 1 aromatic rings. The van der Waals surface area contributed by atoms with Gasteiger partial charge in [0.1, 0.15) is 48.3 Å². The Morgan fingerprint density at radius 1 is 0.381 bits per heavy atom. The first-order valence-corrected chi connectivity index (χ1v) is 45.0. The minimum atomic E-state index is -0.652. The number of hydrogen-bond acceptors (Lipinski definition) is 12. The number of hydrogen-bond donors (Lipinski definition) is 6. The molecule has 8 atom stereocenters. The van der Waals surface area contributed by atoms with Gasteiger partial charge in [0.15, 0.2) is 0 Å². The quantitative estimate of drug-likeness (QED) is 0.0363. The average Bonchev–Trinajstić information content (AvgIpc) is 1.84. The Labute approximate surface area is 686 Å². The molecule has 7 fully saturated rings. The lowest BCUT2D eigenvalue weighted by molar-refractivity contribution is -0.142. The second kappa shape index (κ2) is 54.7. The van der Waals surface area contributed by atoms with Gasteiger partial charge in [0, 0.05) is 42.3 Å². The molecule has 0 radical (unpaired) electrons. The van der Waals surface area contributed by atoms with E-state index in [9.17, 15) is 37.5 Å². The molecule has 0 aliphatic heterocycles. The lowest BCUT2D eigenvalue weighted by atomic mass is 9.81. The number of benzene rings is 1. The van der Waals surface area contributed by atoms with Crippen LogP contribution in [-0.2, 0) is 63.8 Å². The van der Waals surface area contributed by atoms with Crippen molar-refractivity contribution in [1.82, 2.24) is 31.9 Å². The lowest BCUT2D eigenvalue weighted by Gasteiger charge is -2.31. The van der Waals surface area contributed by atoms with Gasteiger partial charge in [-0.25, -0.2) is 8.78 Å². The Bertz CT molecular complexity index is 2700. The third-order valence-electron chi connectivity index (χ3n) is 22.0. The van der Waals surface area contributed by atoms with Crippen LogP contribution in [0, 0.1) is 81.6 Å². The first kappa shape index (κ1) is 103. The fourth-order valence-corrected chi connectivity index (χ4v) is 15.5. The molecule has 1 aromatic carbocycles. The summed E-state index contributed by atoms with van der Waals surface area (Å²) >= 11 is 0. The predicted octanol–water partition coefficient (Wildman–Crippen LogP) is 19.2. The summed E-state index contributed by atoms with van der Waals surface area (Å²) < 4.78 is 61.5. The van der Waals surface area contributed by atoms with Crippen molar-refractivity contribution in [3.8, 4) is 0 Å². The standard InChI is InChI=1S/C16H23F2NO2.2C16H29NO2.C16H31NO2.C15H29NO2.C14H27NO2/c1-10(2)5-15(16(20)19-11(3)4)21-9-12-6-13(17)8-14(18)7-12;1-11(2)17-16(18)15(9-14-8-12(14)3)19-10-13-6-4-5-7-13;1-12(2)17-16(18)15(10-13-8-5-9-13)19-11-14-6-3-4-7-14;1-12(2)17-15(18)14(10-16(3,4)5)19-11-13-8-6-7-9-13;1-11(2)16-14(17)13(15(3,4)5)18-10-12-8-6-7-9-12;1-10(2)13(14(16)15-11(3)4)17-9-12-7-5-6-8-12/h6-8,10-11,15H,5,9H2,1-4H3,(H,19,20);11-15H,4-10H2,1-3H3,(H,17,18);12-15H,3-11H2,1-2H3,(H,17,18);12-14H,6-11H2,1-5H3,(H,17,18);11-13H,6-10H2,1-5H3,(H,16,17);10-13H,5-9H2,1-4H3,(H,15,16). The van der Waals surface area contributed by atoms with Crippen LogP contribution in [0.15, 0.2) is 18.2 Å². The molecule has 6 N–H and O–H groups in total. The SMILES string of the molecule is CC(C)CC(OCc1cc(F)cc(F)c1)C(=O)NC(C)C.CC(C)NC(=O)C(CC(C)(C)C)OCC1CCCC1.CC(C)NC(=O)C(CC1CC1C)OCC1CCCC1.CC(C)NC(=O)C(CC1CCC1)OCC1CCCC1.CC(C)NC(=O)C(OCC1CCCC1)C(C)(C)C.CC(C)NC(=O)C(OCC1CCCC1)C(C)C. The summed E-state index contributed by atoms with van der Waals surface area (Å²) in [6.45, 7) is 50.4. The van der Waals surface area contributed by atoms with Crippen molar-refractivity contribution in [3.63, 3.8) is 0 Å². The number of rotatable bonds is 38. The van der Waals surface area contributed by atoms with E-state index >= 15 is 0 Å². The summed E-state index contributed by atoms with van der Waals surface area (Å²) in [6.07, 6.45) is 32.2. The topological polar surface area (TPSA) is 230 Å². The van der Waals surface area contributed by atoms with Crippen LogP contribution in [0.4, 0.5) is 8.78 Å². The van der Waals surface area contributed by atoms with Crippen molar-refractivity contribution in [2.24, 2.45) is 70.0 Å². The molecule has 0 spiro atoms. The first-order valence-electron chi connectivity index (χ1n) is 45.0. The van der Waals surface area contributed by atoms with E-state index in [2.05, 4.69) is 80.4 Å². The third kappa shape index (κ3) is 47.2. The maximum atomic E-state index is 13.1. The molecule has 0 aromatic heterocycles. The molecule has 0 saturated heterocycles. The van der Waals surface area contributed by atoms with E-state index in [1.807, 2.05) is 111 Å².